The number of pyridine rings is 1. The molecule has 0 aliphatic carbocycles. The Balaban J connectivity index is 1.53. The third-order valence-corrected chi connectivity index (χ3v) is 5.69. The second-order valence-electron chi connectivity index (χ2n) is 7.58. The molecule has 0 spiro atoms. The predicted molar refractivity (Wildman–Crippen MR) is 112 cm³/mol. The van der Waals surface area contributed by atoms with E-state index in [0.29, 0.717) is 19.0 Å². The summed E-state index contributed by atoms with van der Waals surface area (Å²) in [5, 5.41) is 0. The fraction of sp³-hybridized carbons (Fsp3) is 0.409. The van der Waals surface area contributed by atoms with Crippen LogP contribution in [0.1, 0.15) is 28.2 Å². The first-order chi connectivity index (χ1) is 14.1. The molecule has 152 valence electrons. The van der Waals surface area contributed by atoms with E-state index >= 15 is 0 Å². The molecule has 1 aliphatic heterocycles. The van der Waals surface area contributed by atoms with E-state index in [0.717, 1.165) is 42.9 Å². The molecule has 0 amide bonds. The van der Waals surface area contributed by atoms with Gasteiger partial charge in [-0.3, -0.25) is 14.7 Å². The van der Waals surface area contributed by atoms with Crippen LogP contribution in [0.25, 0.3) is 11.4 Å². The SMILES string of the molecule is COCCn1c(C)cc(CN2CCc3nc(-c4ccncc4)[nH]c(=O)c3C2)c1C. The number of nitrogens with zero attached hydrogens (tertiary/aromatic N) is 4. The first-order valence-corrected chi connectivity index (χ1v) is 9.96. The molecule has 4 rings (SSSR count). The number of aryl methyl sites for hydroxylation is 1. The highest BCUT2D eigenvalue weighted by molar-refractivity contribution is 5.54. The number of hydrogen-bond donors (Lipinski definition) is 1. The molecule has 0 aromatic carbocycles. The fourth-order valence-corrected chi connectivity index (χ4v) is 4.06. The van der Waals surface area contributed by atoms with Crippen molar-refractivity contribution in [3.8, 4) is 11.4 Å². The van der Waals surface area contributed by atoms with Crippen molar-refractivity contribution in [3.63, 3.8) is 0 Å². The Bertz CT molecular complexity index is 1060. The van der Waals surface area contributed by atoms with Gasteiger partial charge >= 0.3 is 0 Å². The summed E-state index contributed by atoms with van der Waals surface area (Å²) in [6.07, 6.45) is 4.19. The summed E-state index contributed by atoms with van der Waals surface area (Å²) in [5.74, 6) is 0.617. The summed E-state index contributed by atoms with van der Waals surface area (Å²) in [5.41, 5.74) is 6.34. The standard InChI is InChI=1S/C22H27N5O2/c1-15-12-18(16(2)27(15)10-11-29-3)13-26-9-6-20-19(14-26)22(28)25-21(24-20)17-4-7-23-8-5-17/h4-5,7-8,12H,6,9-11,13-14H2,1-3H3,(H,24,25,28). The van der Waals surface area contributed by atoms with Crippen molar-refractivity contribution >= 4 is 0 Å². The fourth-order valence-electron chi connectivity index (χ4n) is 4.06. The van der Waals surface area contributed by atoms with Gasteiger partial charge in [-0.05, 0) is 37.6 Å². The van der Waals surface area contributed by atoms with E-state index in [1.807, 2.05) is 12.1 Å². The van der Waals surface area contributed by atoms with Gasteiger partial charge in [0.1, 0.15) is 5.82 Å². The molecule has 0 radical (unpaired) electrons. The summed E-state index contributed by atoms with van der Waals surface area (Å²) < 4.78 is 7.53. The van der Waals surface area contributed by atoms with E-state index in [9.17, 15) is 4.79 Å². The average Bonchev–Trinajstić information content (AvgIpc) is 3.00. The molecule has 7 heteroatoms. The first kappa shape index (κ1) is 19.5. The van der Waals surface area contributed by atoms with Gasteiger partial charge in [-0.25, -0.2) is 4.98 Å². The lowest BCUT2D eigenvalue weighted by Gasteiger charge is -2.27. The molecule has 1 N–H and O–H groups in total. The summed E-state index contributed by atoms with van der Waals surface area (Å²) >= 11 is 0. The van der Waals surface area contributed by atoms with Crippen molar-refractivity contribution in [2.45, 2.75) is 39.9 Å². The second-order valence-corrected chi connectivity index (χ2v) is 7.58. The van der Waals surface area contributed by atoms with Gasteiger partial charge < -0.3 is 14.3 Å². The molecular weight excluding hydrogens is 366 g/mol. The van der Waals surface area contributed by atoms with Crippen molar-refractivity contribution in [2.24, 2.45) is 0 Å². The maximum Gasteiger partial charge on any atom is 0.255 e. The van der Waals surface area contributed by atoms with Crippen LogP contribution in [0.5, 0.6) is 0 Å². The van der Waals surface area contributed by atoms with Crippen LogP contribution >= 0.6 is 0 Å². The van der Waals surface area contributed by atoms with Crippen molar-refractivity contribution < 1.29 is 4.74 Å². The van der Waals surface area contributed by atoms with E-state index in [4.69, 9.17) is 9.72 Å². The zero-order valence-electron chi connectivity index (χ0n) is 17.2. The van der Waals surface area contributed by atoms with Crippen molar-refractivity contribution in [3.05, 3.63) is 69.2 Å². The Kier molecular flexibility index (Phi) is 5.60. The van der Waals surface area contributed by atoms with E-state index in [-0.39, 0.29) is 5.56 Å². The molecule has 4 heterocycles. The zero-order chi connectivity index (χ0) is 20.4. The molecule has 0 saturated heterocycles. The summed E-state index contributed by atoms with van der Waals surface area (Å²) in [4.78, 5) is 26.8. The summed E-state index contributed by atoms with van der Waals surface area (Å²) in [7, 11) is 1.73. The number of aromatic nitrogens is 4. The zero-order valence-corrected chi connectivity index (χ0v) is 17.2. The topological polar surface area (TPSA) is 76.0 Å². The molecule has 0 saturated carbocycles. The Morgan fingerprint density at radius 1 is 1.24 bits per heavy atom. The van der Waals surface area contributed by atoms with Gasteiger partial charge in [-0.15, -0.1) is 0 Å². The number of hydrogen-bond acceptors (Lipinski definition) is 5. The minimum absolute atomic E-state index is 0.0444. The third kappa shape index (κ3) is 4.02. The van der Waals surface area contributed by atoms with Gasteiger partial charge in [-0.2, -0.15) is 0 Å². The van der Waals surface area contributed by atoms with Gasteiger partial charge in [0.15, 0.2) is 0 Å². The van der Waals surface area contributed by atoms with Crippen LogP contribution in [0.3, 0.4) is 0 Å². The molecule has 29 heavy (non-hydrogen) atoms. The Morgan fingerprint density at radius 2 is 2.03 bits per heavy atom. The van der Waals surface area contributed by atoms with Gasteiger partial charge in [0.05, 0.1) is 17.9 Å². The molecule has 0 fully saturated rings. The Labute approximate surface area is 170 Å². The molecular formula is C22H27N5O2. The van der Waals surface area contributed by atoms with Gasteiger partial charge in [0.2, 0.25) is 0 Å². The smallest absolute Gasteiger partial charge is 0.255 e. The summed E-state index contributed by atoms with van der Waals surface area (Å²) in [6, 6.07) is 5.97. The van der Waals surface area contributed by atoms with Crippen LogP contribution in [-0.4, -0.2) is 44.7 Å². The number of methoxy groups -OCH3 is 1. The Morgan fingerprint density at radius 3 is 2.79 bits per heavy atom. The lowest BCUT2D eigenvalue weighted by atomic mass is 10.1. The maximum absolute atomic E-state index is 12.7. The number of H-pyrrole nitrogens is 1. The van der Waals surface area contributed by atoms with E-state index in [2.05, 4.69) is 39.3 Å². The first-order valence-electron chi connectivity index (χ1n) is 9.96. The highest BCUT2D eigenvalue weighted by Crippen LogP contribution is 2.22. The molecule has 3 aromatic rings. The molecule has 0 atom stereocenters. The van der Waals surface area contributed by atoms with Crippen LogP contribution in [0.15, 0.2) is 35.4 Å². The van der Waals surface area contributed by atoms with Gasteiger partial charge in [0, 0.05) is 69.1 Å². The maximum atomic E-state index is 12.7. The molecule has 3 aromatic heterocycles. The third-order valence-electron chi connectivity index (χ3n) is 5.69. The molecule has 1 aliphatic rings. The minimum Gasteiger partial charge on any atom is -0.383 e. The van der Waals surface area contributed by atoms with Crippen LogP contribution in [0.4, 0.5) is 0 Å². The Hall–Kier alpha value is -2.77. The van der Waals surface area contributed by atoms with Gasteiger partial charge in [-0.1, -0.05) is 0 Å². The molecule has 0 unspecified atom stereocenters. The highest BCUT2D eigenvalue weighted by Gasteiger charge is 2.22. The quantitative estimate of drug-likeness (QED) is 0.696. The normalized spacial score (nSPS) is 14.2. The number of aromatic amines is 1. The van der Waals surface area contributed by atoms with Gasteiger partial charge in [0.25, 0.3) is 5.56 Å². The van der Waals surface area contributed by atoms with Crippen LogP contribution < -0.4 is 5.56 Å². The lowest BCUT2D eigenvalue weighted by molar-refractivity contribution is 0.186. The molecule has 0 bridgehead atoms. The van der Waals surface area contributed by atoms with Crippen molar-refractivity contribution in [1.29, 1.82) is 0 Å². The average molecular weight is 393 g/mol. The molecule has 7 nitrogen and oxygen atoms in total. The highest BCUT2D eigenvalue weighted by atomic mass is 16.5. The second kappa shape index (κ2) is 8.31. The van der Waals surface area contributed by atoms with Crippen LogP contribution in [-0.2, 0) is 30.8 Å². The van der Waals surface area contributed by atoms with E-state index < -0.39 is 0 Å². The number of ether oxygens (including phenoxy) is 1. The van der Waals surface area contributed by atoms with Crippen molar-refractivity contribution in [1.82, 2.24) is 24.4 Å². The monoisotopic (exact) mass is 393 g/mol. The van der Waals surface area contributed by atoms with E-state index in [1.54, 1.807) is 19.5 Å². The minimum atomic E-state index is -0.0444. The van der Waals surface area contributed by atoms with Crippen LogP contribution in [0.2, 0.25) is 0 Å². The van der Waals surface area contributed by atoms with E-state index in [1.165, 1.54) is 17.0 Å². The largest absolute Gasteiger partial charge is 0.383 e. The lowest BCUT2D eigenvalue weighted by Crippen LogP contribution is -2.35. The predicted octanol–water partition coefficient (Wildman–Crippen LogP) is 2.45. The number of nitrogens with one attached hydrogen (secondary N) is 1. The van der Waals surface area contributed by atoms with Crippen molar-refractivity contribution in [2.75, 3.05) is 20.3 Å². The number of rotatable bonds is 6. The van der Waals surface area contributed by atoms with Crippen LogP contribution in [0, 0.1) is 13.8 Å². The number of fused-ring (bicyclic) bond motifs is 1. The summed E-state index contributed by atoms with van der Waals surface area (Å²) in [6.45, 7) is 8.19.